The zero-order chi connectivity index (χ0) is 22.8. The van der Waals surface area contributed by atoms with Crippen molar-refractivity contribution in [3.63, 3.8) is 0 Å². The van der Waals surface area contributed by atoms with Gasteiger partial charge < -0.3 is 13.9 Å². The molecular weight excluding hydrogens is 412 g/mol. The average molecular weight is 437 g/mol. The summed E-state index contributed by atoms with van der Waals surface area (Å²) in [5.74, 6) is 1.74. The molecule has 0 unspecified atom stereocenters. The lowest BCUT2D eigenvalue weighted by Crippen LogP contribution is -2.06. The van der Waals surface area contributed by atoms with Gasteiger partial charge in [-0.05, 0) is 46.0 Å². The second-order valence-corrected chi connectivity index (χ2v) is 8.31. The fourth-order valence-corrected chi connectivity index (χ4v) is 4.00. The highest BCUT2D eigenvalue weighted by Gasteiger charge is 2.13. The van der Waals surface area contributed by atoms with Crippen LogP contribution in [0.25, 0.3) is 21.7 Å². The third kappa shape index (κ3) is 4.20. The van der Waals surface area contributed by atoms with Crippen molar-refractivity contribution >= 4 is 21.7 Å². The van der Waals surface area contributed by atoms with Crippen LogP contribution in [-0.4, -0.2) is 0 Å². The Morgan fingerprint density at radius 2 is 1.61 bits per heavy atom. The van der Waals surface area contributed by atoms with Gasteiger partial charge in [0, 0.05) is 6.07 Å². The first-order valence-corrected chi connectivity index (χ1v) is 11.0. The van der Waals surface area contributed by atoms with Gasteiger partial charge in [0.15, 0.2) is 0 Å². The Morgan fingerprint density at radius 3 is 2.48 bits per heavy atom. The first-order chi connectivity index (χ1) is 16.1. The van der Waals surface area contributed by atoms with Crippen molar-refractivity contribution in [2.75, 3.05) is 0 Å². The van der Waals surface area contributed by atoms with Gasteiger partial charge in [0.05, 0.1) is 5.39 Å². The standard InChI is InChI=1S/C29H24O4/c1-19(2)23-11-5-6-13-26(23)33-28-18-32-27-16-22(14-15-25(27)29(28)30)31-17-21-10-7-9-20-8-3-4-12-24(20)21/h3-16,18-19H,17H2,1-2H3. The van der Waals surface area contributed by atoms with Gasteiger partial charge in [0.2, 0.25) is 11.2 Å². The molecule has 5 rings (SSSR count). The van der Waals surface area contributed by atoms with Crippen LogP contribution in [0.15, 0.2) is 100 Å². The number of fused-ring (bicyclic) bond motifs is 2. The van der Waals surface area contributed by atoms with E-state index in [4.69, 9.17) is 13.9 Å². The molecule has 0 amide bonds. The van der Waals surface area contributed by atoms with Crippen LogP contribution in [0.2, 0.25) is 0 Å². The molecule has 0 aliphatic rings. The number of hydrogen-bond acceptors (Lipinski definition) is 4. The van der Waals surface area contributed by atoms with Crippen LogP contribution in [0.3, 0.4) is 0 Å². The number of ether oxygens (including phenoxy) is 2. The Labute approximate surface area is 192 Å². The summed E-state index contributed by atoms with van der Waals surface area (Å²) < 4.78 is 17.7. The Hall–Kier alpha value is -4.05. The largest absolute Gasteiger partial charge is 0.489 e. The summed E-state index contributed by atoms with van der Waals surface area (Å²) in [4.78, 5) is 13.0. The van der Waals surface area contributed by atoms with Crippen molar-refractivity contribution in [1.82, 2.24) is 0 Å². The van der Waals surface area contributed by atoms with Crippen molar-refractivity contribution in [3.8, 4) is 17.2 Å². The zero-order valence-corrected chi connectivity index (χ0v) is 18.6. The SMILES string of the molecule is CC(C)c1ccccc1Oc1coc2cc(OCc3cccc4ccccc34)ccc2c1=O. The minimum absolute atomic E-state index is 0.167. The molecule has 0 spiro atoms. The summed E-state index contributed by atoms with van der Waals surface area (Å²) in [5, 5.41) is 2.79. The number of hydrogen-bond donors (Lipinski definition) is 0. The fraction of sp³-hybridized carbons (Fsp3) is 0.138. The van der Waals surface area contributed by atoms with Gasteiger partial charge in [-0.2, -0.15) is 0 Å². The van der Waals surface area contributed by atoms with Crippen molar-refractivity contribution in [1.29, 1.82) is 0 Å². The molecule has 0 saturated carbocycles. The van der Waals surface area contributed by atoms with Gasteiger partial charge in [-0.25, -0.2) is 0 Å². The highest BCUT2D eigenvalue weighted by molar-refractivity contribution is 5.85. The predicted octanol–water partition coefficient (Wildman–Crippen LogP) is 7.44. The lowest BCUT2D eigenvalue weighted by atomic mass is 10.0. The van der Waals surface area contributed by atoms with Gasteiger partial charge in [0.25, 0.3) is 0 Å². The molecule has 0 atom stereocenters. The first-order valence-electron chi connectivity index (χ1n) is 11.0. The van der Waals surface area contributed by atoms with Gasteiger partial charge in [-0.1, -0.05) is 74.5 Å². The van der Waals surface area contributed by atoms with Crippen LogP contribution in [0.5, 0.6) is 17.2 Å². The van der Waals surface area contributed by atoms with E-state index < -0.39 is 0 Å². The van der Waals surface area contributed by atoms with E-state index in [-0.39, 0.29) is 17.1 Å². The monoisotopic (exact) mass is 436 g/mol. The molecule has 4 heteroatoms. The molecule has 5 aromatic rings. The van der Waals surface area contributed by atoms with Gasteiger partial charge >= 0.3 is 0 Å². The molecule has 4 nitrogen and oxygen atoms in total. The molecule has 0 radical (unpaired) electrons. The maximum absolute atomic E-state index is 13.0. The molecule has 0 aliphatic heterocycles. The summed E-state index contributed by atoms with van der Waals surface area (Å²) >= 11 is 0. The number of para-hydroxylation sites is 1. The maximum atomic E-state index is 13.0. The van der Waals surface area contributed by atoms with Gasteiger partial charge in [-0.15, -0.1) is 0 Å². The first kappa shape index (κ1) is 20.8. The molecular formula is C29H24O4. The number of rotatable bonds is 6. The smallest absolute Gasteiger partial charge is 0.235 e. The third-order valence-corrected chi connectivity index (χ3v) is 5.75. The molecule has 164 valence electrons. The summed E-state index contributed by atoms with van der Waals surface area (Å²) in [6.45, 7) is 4.60. The van der Waals surface area contributed by atoms with E-state index in [1.165, 1.54) is 11.6 Å². The summed E-state index contributed by atoms with van der Waals surface area (Å²) in [7, 11) is 0. The average Bonchev–Trinajstić information content (AvgIpc) is 2.84. The zero-order valence-electron chi connectivity index (χ0n) is 18.6. The molecule has 0 fully saturated rings. The van der Waals surface area contributed by atoms with Crippen molar-refractivity contribution < 1.29 is 13.9 Å². The lowest BCUT2D eigenvalue weighted by Gasteiger charge is -2.13. The Balaban J connectivity index is 1.40. The van der Waals surface area contributed by atoms with E-state index in [1.807, 2.05) is 42.5 Å². The Morgan fingerprint density at radius 1 is 0.818 bits per heavy atom. The van der Waals surface area contributed by atoms with E-state index in [1.54, 1.807) is 18.2 Å². The van der Waals surface area contributed by atoms with Crippen LogP contribution in [-0.2, 0) is 6.61 Å². The van der Waals surface area contributed by atoms with E-state index >= 15 is 0 Å². The third-order valence-electron chi connectivity index (χ3n) is 5.75. The fourth-order valence-electron chi connectivity index (χ4n) is 4.00. The lowest BCUT2D eigenvalue weighted by molar-refractivity contribution is 0.307. The Bertz CT molecular complexity index is 1490. The van der Waals surface area contributed by atoms with Crippen molar-refractivity contribution in [3.05, 3.63) is 113 Å². The molecule has 33 heavy (non-hydrogen) atoms. The highest BCUT2D eigenvalue weighted by atomic mass is 16.5. The predicted molar refractivity (Wildman–Crippen MR) is 131 cm³/mol. The highest BCUT2D eigenvalue weighted by Crippen LogP contribution is 2.30. The molecule has 0 saturated heterocycles. The normalized spacial score (nSPS) is 11.2. The topological polar surface area (TPSA) is 48.7 Å². The minimum Gasteiger partial charge on any atom is -0.489 e. The molecule has 0 bridgehead atoms. The second-order valence-electron chi connectivity index (χ2n) is 8.31. The number of benzene rings is 4. The van der Waals surface area contributed by atoms with Gasteiger partial charge in [0.1, 0.15) is 30.0 Å². The van der Waals surface area contributed by atoms with E-state index in [0.29, 0.717) is 29.1 Å². The molecule has 0 aliphatic carbocycles. The molecule has 4 aromatic carbocycles. The van der Waals surface area contributed by atoms with Crippen LogP contribution in [0.1, 0.15) is 30.9 Å². The summed E-state index contributed by atoms with van der Waals surface area (Å²) in [6, 6.07) is 27.4. The summed E-state index contributed by atoms with van der Waals surface area (Å²) in [6.07, 6.45) is 1.37. The van der Waals surface area contributed by atoms with Crippen LogP contribution >= 0.6 is 0 Å². The van der Waals surface area contributed by atoms with E-state index in [2.05, 4.69) is 38.1 Å². The second kappa shape index (κ2) is 8.83. The maximum Gasteiger partial charge on any atom is 0.235 e. The van der Waals surface area contributed by atoms with Gasteiger partial charge in [-0.3, -0.25) is 4.79 Å². The molecule has 1 aromatic heterocycles. The minimum atomic E-state index is -0.213. The van der Waals surface area contributed by atoms with Crippen LogP contribution in [0, 0.1) is 0 Å². The van der Waals surface area contributed by atoms with Crippen molar-refractivity contribution in [2.45, 2.75) is 26.4 Å². The van der Waals surface area contributed by atoms with Crippen LogP contribution < -0.4 is 14.9 Å². The van der Waals surface area contributed by atoms with E-state index in [0.717, 1.165) is 16.5 Å². The van der Waals surface area contributed by atoms with Crippen molar-refractivity contribution in [2.24, 2.45) is 0 Å². The Kier molecular flexibility index (Phi) is 5.57. The molecule has 0 N–H and O–H groups in total. The molecule has 1 heterocycles. The van der Waals surface area contributed by atoms with Crippen LogP contribution in [0.4, 0.5) is 0 Å². The summed E-state index contributed by atoms with van der Waals surface area (Å²) in [5.41, 5.74) is 2.38. The quantitative estimate of drug-likeness (QED) is 0.277. The van der Waals surface area contributed by atoms with E-state index in [9.17, 15) is 4.79 Å².